The molecule has 2 fully saturated rings. The maximum absolute atomic E-state index is 12.1. The van der Waals surface area contributed by atoms with Crippen molar-refractivity contribution in [1.29, 1.82) is 0 Å². The van der Waals surface area contributed by atoms with Gasteiger partial charge in [-0.1, -0.05) is 24.3 Å². The summed E-state index contributed by atoms with van der Waals surface area (Å²) in [6, 6.07) is 13.8. The Hall–Kier alpha value is -2.70. The fraction of sp³-hybridized carbons (Fsp3) is 0.440. The maximum Gasteiger partial charge on any atom is 0.244 e. The van der Waals surface area contributed by atoms with E-state index in [1.807, 2.05) is 30.3 Å². The van der Waals surface area contributed by atoms with Gasteiger partial charge in [0.15, 0.2) is 0 Å². The summed E-state index contributed by atoms with van der Waals surface area (Å²) in [5.74, 6) is 0.842. The number of carbonyl (C=O) groups excluding carboxylic acids is 1. The lowest BCUT2D eigenvalue weighted by Crippen LogP contribution is -2.44. The van der Waals surface area contributed by atoms with Crippen molar-refractivity contribution in [2.45, 2.75) is 43.9 Å². The molecule has 1 aromatic heterocycles. The first-order chi connectivity index (χ1) is 15.2. The van der Waals surface area contributed by atoms with Crippen LogP contribution in [-0.2, 0) is 16.1 Å². The van der Waals surface area contributed by atoms with E-state index in [0.29, 0.717) is 6.54 Å². The molecular weight excluding hydrogens is 390 g/mol. The fourth-order valence-corrected chi connectivity index (χ4v) is 4.51. The number of methoxy groups -OCH3 is 1. The second kappa shape index (κ2) is 10.1. The van der Waals surface area contributed by atoms with Gasteiger partial charge in [0.05, 0.1) is 24.5 Å². The highest BCUT2D eigenvalue weighted by Gasteiger charge is 2.42. The van der Waals surface area contributed by atoms with Crippen molar-refractivity contribution in [2.75, 3.05) is 26.7 Å². The van der Waals surface area contributed by atoms with Crippen LogP contribution >= 0.6 is 0 Å². The van der Waals surface area contributed by atoms with E-state index < -0.39 is 0 Å². The number of aromatic nitrogens is 1. The van der Waals surface area contributed by atoms with Crippen LogP contribution in [0.4, 0.5) is 0 Å². The van der Waals surface area contributed by atoms with Crippen LogP contribution in [-0.4, -0.2) is 54.2 Å². The highest BCUT2D eigenvalue weighted by molar-refractivity contribution is 5.91. The van der Waals surface area contributed by atoms with Gasteiger partial charge < -0.3 is 14.8 Å². The number of rotatable bonds is 7. The van der Waals surface area contributed by atoms with Crippen molar-refractivity contribution in [3.8, 4) is 5.75 Å². The van der Waals surface area contributed by atoms with Gasteiger partial charge in [0.25, 0.3) is 0 Å². The maximum atomic E-state index is 12.1. The third-order valence-electron chi connectivity index (χ3n) is 6.29. The predicted molar refractivity (Wildman–Crippen MR) is 121 cm³/mol. The topological polar surface area (TPSA) is 63.7 Å². The molecule has 3 heterocycles. The lowest BCUT2D eigenvalue weighted by Gasteiger charge is -2.39. The minimum Gasteiger partial charge on any atom is -0.496 e. The lowest BCUT2D eigenvalue weighted by molar-refractivity contribution is -0.118. The molecule has 6 nitrogen and oxygen atoms in total. The SMILES string of the molecule is COc1ccccc1CN1CCC2(CCC(CNC(=O)/C=C/c3ccccn3)O2)CC1. The van der Waals surface area contributed by atoms with Crippen LogP contribution in [0, 0.1) is 0 Å². The van der Waals surface area contributed by atoms with Gasteiger partial charge in [0, 0.05) is 44.0 Å². The molecule has 0 aliphatic carbocycles. The number of hydrogen-bond acceptors (Lipinski definition) is 5. The van der Waals surface area contributed by atoms with Crippen LogP contribution in [0.25, 0.3) is 6.08 Å². The molecule has 0 radical (unpaired) electrons. The van der Waals surface area contributed by atoms with Gasteiger partial charge in [-0.05, 0) is 50.0 Å². The molecule has 1 atom stereocenters. The Balaban J connectivity index is 1.21. The zero-order valence-corrected chi connectivity index (χ0v) is 18.1. The number of ether oxygens (including phenoxy) is 2. The number of piperidine rings is 1. The Bertz CT molecular complexity index is 892. The van der Waals surface area contributed by atoms with E-state index in [2.05, 4.69) is 27.3 Å². The molecule has 1 N–H and O–H groups in total. The van der Waals surface area contributed by atoms with Gasteiger partial charge in [-0.3, -0.25) is 14.7 Å². The number of pyridine rings is 1. The molecule has 6 heteroatoms. The van der Waals surface area contributed by atoms with E-state index in [4.69, 9.17) is 9.47 Å². The number of amides is 1. The Kier molecular flexibility index (Phi) is 6.99. The highest BCUT2D eigenvalue weighted by Crippen LogP contribution is 2.39. The Morgan fingerprint density at radius 2 is 2.03 bits per heavy atom. The van der Waals surface area contributed by atoms with E-state index in [9.17, 15) is 4.79 Å². The number of para-hydroxylation sites is 1. The van der Waals surface area contributed by atoms with Gasteiger partial charge in [0.2, 0.25) is 5.91 Å². The quantitative estimate of drug-likeness (QED) is 0.694. The number of carbonyl (C=O) groups is 1. The number of likely N-dealkylation sites (tertiary alicyclic amines) is 1. The molecular formula is C25H31N3O3. The largest absolute Gasteiger partial charge is 0.496 e. The van der Waals surface area contributed by atoms with Gasteiger partial charge in [-0.2, -0.15) is 0 Å². The van der Waals surface area contributed by atoms with Gasteiger partial charge in [0.1, 0.15) is 5.75 Å². The average molecular weight is 422 g/mol. The Labute approximate surface area is 184 Å². The van der Waals surface area contributed by atoms with Crippen LogP contribution in [0.15, 0.2) is 54.7 Å². The van der Waals surface area contributed by atoms with Crippen molar-refractivity contribution in [3.63, 3.8) is 0 Å². The second-order valence-corrected chi connectivity index (χ2v) is 8.38. The van der Waals surface area contributed by atoms with Crippen molar-refractivity contribution in [2.24, 2.45) is 0 Å². The van der Waals surface area contributed by atoms with E-state index in [1.165, 1.54) is 11.6 Å². The molecule has 1 amide bonds. The first-order valence-electron chi connectivity index (χ1n) is 11.0. The molecule has 0 saturated carbocycles. The second-order valence-electron chi connectivity index (χ2n) is 8.38. The van der Waals surface area contributed by atoms with Crippen LogP contribution in [0.1, 0.15) is 36.9 Å². The normalized spacial score (nSPS) is 20.9. The molecule has 2 saturated heterocycles. The van der Waals surface area contributed by atoms with Crippen LogP contribution in [0.5, 0.6) is 5.75 Å². The van der Waals surface area contributed by atoms with Crippen LogP contribution < -0.4 is 10.1 Å². The van der Waals surface area contributed by atoms with Crippen molar-refractivity contribution in [1.82, 2.24) is 15.2 Å². The van der Waals surface area contributed by atoms with Gasteiger partial charge >= 0.3 is 0 Å². The molecule has 0 bridgehead atoms. The zero-order valence-electron chi connectivity index (χ0n) is 18.1. The van der Waals surface area contributed by atoms with E-state index in [0.717, 1.165) is 56.8 Å². The van der Waals surface area contributed by atoms with Crippen molar-refractivity contribution in [3.05, 3.63) is 66.0 Å². The molecule has 4 rings (SSSR count). The predicted octanol–water partition coefficient (Wildman–Crippen LogP) is 3.43. The third-order valence-corrected chi connectivity index (χ3v) is 6.29. The number of benzene rings is 1. The smallest absolute Gasteiger partial charge is 0.244 e. The summed E-state index contributed by atoms with van der Waals surface area (Å²) in [6.45, 7) is 3.49. The molecule has 164 valence electrons. The summed E-state index contributed by atoms with van der Waals surface area (Å²) in [4.78, 5) is 18.8. The molecule has 2 aliphatic heterocycles. The molecule has 1 aromatic carbocycles. The summed E-state index contributed by atoms with van der Waals surface area (Å²) in [5, 5.41) is 2.97. The third kappa shape index (κ3) is 5.71. The van der Waals surface area contributed by atoms with Gasteiger partial charge in [-0.25, -0.2) is 0 Å². The Morgan fingerprint density at radius 3 is 2.81 bits per heavy atom. The fourth-order valence-electron chi connectivity index (χ4n) is 4.51. The van der Waals surface area contributed by atoms with Gasteiger partial charge in [-0.15, -0.1) is 0 Å². The van der Waals surface area contributed by atoms with E-state index in [-0.39, 0.29) is 17.6 Å². The first kappa shape index (κ1) is 21.5. The molecule has 31 heavy (non-hydrogen) atoms. The standard InChI is InChI=1S/C25H31N3O3/c1-30-23-8-3-2-6-20(23)19-28-16-13-25(14-17-28)12-11-22(31-25)18-27-24(29)10-9-21-7-4-5-15-26-21/h2-10,15,22H,11-14,16-19H2,1H3,(H,27,29)/b10-9+. The van der Waals surface area contributed by atoms with E-state index in [1.54, 1.807) is 19.4 Å². The van der Waals surface area contributed by atoms with Crippen LogP contribution in [0.3, 0.4) is 0 Å². The van der Waals surface area contributed by atoms with Crippen molar-refractivity contribution >= 4 is 12.0 Å². The molecule has 2 aliphatic rings. The molecule has 2 aromatic rings. The van der Waals surface area contributed by atoms with Crippen molar-refractivity contribution < 1.29 is 14.3 Å². The summed E-state index contributed by atoms with van der Waals surface area (Å²) in [5.41, 5.74) is 1.97. The molecule has 1 spiro atoms. The number of hydrogen-bond donors (Lipinski definition) is 1. The van der Waals surface area contributed by atoms with Crippen LogP contribution in [0.2, 0.25) is 0 Å². The minimum atomic E-state index is -0.109. The summed E-state index contributed by atoms with van der Waals surface area (Å²) in [6.07, 6.45) is 9.19. The lowest BCUT2D eigenvalue weighted by atomic mass is 9.88. The van der Waals surface area contributed by atoms with E-state index >= 15 is 0 Å². The molecule has 1 unspecified atom stereocenters. The monoisotopic (exact) mass is 421 g/mol. The minimum absolute atomic E-state index is 0.0313. The summed E-state index contributed by atoms with van der Waals surface area (Å²) in [7, 11) is 1.73. The summed E-state index contributed by atoms with van der Waals surface area (Å²) >= 11 is 0. The summed E-state index contributed by atoms with van der Waals surface area (Å²) < 4.78 is 11.9. The number of nitrogens with zero attached hydrogens (tertiary/aromatic N) is 2. The zero-order chi connectivity index (χ0) is 21.5. The Morgan fingerprint density at radius 1 is 1.23 bits per heavy atom. The number of nitrogens with one attached hydrogen (secondary N) is 1. The average Bonchev–Trinajstić information content (AvgIpc) is 3.21. The highest BCUT2D eigenvalue weighted by atomic mass is 16.5. The first-order valence-corrected chi connectivity index (χ1v) is 11.0.